The SMILES string of the molecule is O=C(NC1CCN(c2ccc(C(F)(F)F)cn2)CC1)c1cc(S(=O)(=O)N2CCOCC2)c[nH]1. The molecule has 2 aliphatic heterocycles. The molecular weight excluding hydrogens is 463 g/mol. The van der Waals surface area contributed by atoms with Gasteiger partial charge in [-0.1, -0.05) is 0 Å². The molecule has 2 aromatic rings. The topological polar surface area (TPSA) is 108 Å². The maximum atomic E-state index is 12.7. The van der Waals surface area contributed by atoms with E-state index in [2.05, 4.69) is 15.3 Å². The zero-order valence-corrected chi connectivity index (χ0v) is 18.5. The average Bonchev–Trinajstić information content (AvgIpc) is 3.31. The number of carbonyl (C=O) groups excluding carboxylic acids is 1. The molecule has 1 amide bonds. The second-order valence-electron chi connectivity index (χ2n) is 7.90. The lowest BCUT2D eigenvalue weighted by Crippen LogP contribution is -2.45. The number of alkyl halides is 3. The summed E-state index contributed by atoms with van der Waals surface area (Å²) in [6.07, 6.45) is -1.15. The molecule has 4 heterocycles. The molecule has 33 heavy (non-hydrogen) atoms. The summed E-state index contributed by atoms with van der Waals surface area (Å²) in [6.45, 7) is 2.23. The number of rotatable bonds is 5. The Morgan fingerprint density at radius 2 is 1.85 bits per heavy atom. The van der Waals surface area contributed by atoms with Crippen LogP contribution in [0.1, 0.15) is 28.9 Å². The molecule has 2 fully saturated rings. The minimum Gasteiger partial charge on any atom is -0.379 e. The van der Waals surface area contributed by atoms with Gasteiger partial charge in [-0.2, -0.15) is 17.5 Å². The van der Waals surface area contributed by atoms with Crippen molar-refractivity contribution in [3.8, 4) is 0 Å². The fourth-order valence-corrected chi connectivity index (χ4v) is 5.25. The second-order valence-corrected chi connectivity index (χ2v) is 9.84. The van der Waals surface area contributed by atoms with E-state index in [-0.39, 0.29) is 29.7 Å². The Balaban J connectivity index is 1.31. The van der Waals surface area contributed by atoms with Gasteiger partial charge in [0.05, 0.1) is 18.8 Å². The molecule has 0 atom stereocenters. The van der Waals surface area contributed by atoms with Crippen LogP contribution in [0.25, 0.3) is 0 Å². The van der Waals surface area contributed by atoms with E-state index in [1.54, 1.807) is 0 Å². The van der Waals surface area contributed by atoms with E-state index in [4.69, 9.17) is 4.74 Å². The van der Waals surface area contributed by atoms with E-state index in [0.29, 0.717) is 45.0 Å². The Kier molecular flexibility index (Phi) is 6.64. The van der Waals surface area contributed by atoms with Gasteiger partial charge in [-0.15, -0.1) is 0 Å². The Morgan fingerprint density at radius 1 is 1.15 bits per heavy atom. The summed E-state index contributed by atoms with van der Waals surface area (Å²) in [7, 11) is -3.70. The molecule has 2 aliphatic rings. The van der Waals surface area contributed by atoms with Crippen LogP contribution in [0.5, 0.6) is 0 Å². The van der Waals surface area contributed by atoms with Crippen LogP contribution in [-0.2, 0) is 20.9 Å². The lowest BCUT2D eigenvalue weighted by Gasteiger charge is -2.33. The number of sulfonamides is 1. The summed E-state index contributed by atoms with van der Waals surface area (Å²) in [4.78, 5) is 21.1. The first kappa shape index (κ1) is 23.5. The van der Waals surface area contributed by atoms with Crippen molar-refractivity contribution >= 4 is 21.7 Å². The highest BCUT2D eigenvalue weighted by Crippen LogP contribution is 2.30. The number of nitrogens with zero attached hydrogens (tertiary/aromatic N) is 3. The number of halogens is 3. The Morgan fingerprint density at radius 3 is 2.45 bits per heavy atom. The normalized spacial score (nSPS) is 18.9. The summed E-state index contributed by atoms with van der Waals surface area (Å²) in [6, 6.07) is 3.52. The van der Waals surface area contributed by atoms with E-state index in [9.17, 15) is 26.4 Å². The number of hydrogen-bond acceptors (Lipinski definition) is 6. The molecule has 0 aromatic carbocycles. The number of piperidine rings is 1. The molecule has 0 unspecified atom stereocenters. The van der Waals surface area contributed by atoms with Crippen molar-refractivity contribution in [3.05, 3.63) is 41.9 Å². The number of amides is 1. The number of nitrogens with one attached hydrogen (secondary N) is 2. The van der Waals surface area contributed by atoms with Crippen LogP contribution in [0.3, 0.4) is 0 Å². The first-order chi connectivity index (χ1) is 15.6. The largest absolute Gasteiger partial charge is 0.417 e. The monoisotopic (exact) mass is 487 g/mol. The van der Waals surface area contributed by atoms with Crippen LogP contribution in [0.2, 0.25) is 0 Å². The van der Waals surface area contributed by atoms with Gasteiger partial charge in [-0.25, -0.2) is 13.4 Å². The van der Waals surface area contributed by atoms with Crippen molar-refractivity contribution in [2.45, 2.75) is 30.0 Å². The number of morpholine rings is 1. The van der Waals surface area contributed by atoms with Gasteiger partial charge in [0.15, 0.2) is 0 Å². The molecule has 0 radical (unpaired) electrons. The van der Waals surface area contributed by atoms with Crippen molar-refractivity contribution in [2.24, 2.45) is 0 Å². The standard InChI is InChI=1S/C20H24F3N5O4S/c21-20(22,23)14-1-2-18(25-12-14)27-5-3-15(4-6-27)26-19(29)17-11-16(13-24-17)33(30,31)28-7-9-32-10-8-28/h1-2,11-13,15,24H,3-10H2,(H,26,29). The number of H-pyrrole nitrogens is 1. The highest BCUT2D eigenvalue weighted by Gasteiger charge is 2.31. The fraction of sp³-hybridized carbons (Fsp3) is 0.500. The Bertz CT molecular complexity index is 1070. The molecule has 2 N–H and O–H groups in total. The summed E-state index contributed by atoms with van der Waals surface area (Å²) in [5, 5.41) is 2.89. The van der Waals surface area contributed by atoms with E-state index in [1.165, 1.54) is 22.6 Å². The lowest BCUT2D eigenvalue weighted by atomic mass is 10.0. The zero-order chi connectivity index (χ0) is 23.6. The smallest absolute Gasteiger partial charge is 0.379 e. The van der Waals surface area contributed by atoms with Gasteiger partial charge in [-0.05, 0) is 31.0 Å². The van der Waals surface area contributed by atoms with E-state index >= 15 is 0 Å². The van der Waals surface area contributed by atoms with Crippen molar-refractivity contribution < 1.29 is 31.1 Å². The third-order valence-corrected chi connectivity index (χ3v) is 7.61. The van der Waals surface area contributed by atoms with Gasteiger partial charge in [0.25, 0.3) is 5.91 Å². The van der Waals surface area contributed by atoms with Gasteiger partial charge in [0.2, 0.25) is 10.0 Å². The molecule has 0 saturated carbocycles. The predicted octanol–water partition coefficient (Wildman–Crippen LogP) is 1.85. The summed E-state index contributed by atoms with van der Waals surface area (Å²) in [5.74, 6) is 0.0413. The van der Waals surface area contributed by atoms with Crippen molar-refractivity contribution in [2.75, 3.05) is 44.3 Å². The minimum absolute atomic E-state index is 0.0257. The molecule has 4 rings (SSSR count). The number of hydrogen-bond donors (Lipinski definition) is 2. The van der Waals surface area contributed by atoms with Gasteiger partial charge >= 0.3 is 6.18 Å². The number of aromatic nitrogens is 2. The molecule has 0 bridgehead atoms. The quantitative estimate of drug-likeness (QED) is 0.667. The number of carbonyl (C=O) groups is 1. The molecule has 0 spiro atoms. The number of anilines is 1. The Labute approximate surface area is 189 Å². The molecule has 0 aliphatic carbocycles. The van der Waals surface area contributed by atoms with Crippen LogP contribution >= 0.6 is 0 Å². The van der Waals surface area contributed by atoms with Crippen molar-refractivity contribution in [1.29, 1.82) is 0 Å². The van der Waals surface area contributed by atoms with Crippen molar-refractivity contribution in [1.82, 2.24) is 19.6 Å². The lowest BCUT2D eigenvalue weighted by molar-refractivity contribution is -0.137. The highest BCUT2D eigenvalue weighted by molar-refractivity contribution is 7.89. The van der Waals surface area contributed by atoms with Gasteiger partial charge < -0.3 is 19.9 Å². The summed E-state index contributed by atoms with van der Waals surface area (Å²) >= 11 is 0. The van der Waals surface area contributed by atoms with Crippen LogP contribution in [0.15, 0.2) is 35.5 Å². The zero-order valence-electron chi connectivity index (χ0n) is 17.6. The highest BCUT2D eigenvalue weighted by atomic mass is 32.2. The van der Waals surface area contributed by atoms with Gasteiger partial charge in [-0.3, -0.25) is 4.79 Å². The minimum atomic E-state index is -4.43. The third-order valence-electron chi connectivity index (χ3n) is 5.74. The van der Waals surface area contributed by atoms with Gasteiger partial charge in [0, 0.05) is 44.6 Å². The number of ether oxygens (including phenoxy) is 1. The molecule has 13 heteroatoms. The molecule has 9 nitrogen and oxygen atoms in total. The van der Waals surface area contributed by atoms with E-state index in [1.807, 2.05) is 4.90 Å². The van der Waals surface area contributed by atoms with Crippen LogP contribution in [0, 0.1) is 0 Å². The Hall–Kier alpha value is -2.64. The first-order valence-electron chi connectivity index (χ1n) is 10.5. The van der Waals surface area contributed by atoms with Crippen molar-refractivity contribution in [3.63, 3.8) is 0 Å². The van der Waals surface area contributed by atoms with E-state index in [0.717, 1.165) is 12.3 Å². The van der Waals surface area contributed by atoms with Crippen LogP contribution in [-0.4, -0.2) is 74.0 Å². The molecule has 2 saturated heterocycles. The molecule has 2 aromatic heterocycles. The summed E-state index contributed by atoms with van der Waals surface area (Å²) in [5.41, 5.74) is -0.650. The molecular formula is C20H24F3N5O4S. The van der Waals surface area contributed by atoms with Crippen LogP contribution < -0.4 is 10.2 Å². The second kappa shape index (κ2) is 9.31. The van der Waals surface area contributed by atoms with Crippen LogP contribution in [0.4, 0.5) is 19.0 Å². The average molecular weight is 488 g/mol. The first-order valence-corrected chi connectivity index (χ1v) is 11.9. The summed E-state index contributed by atoms with van der Waals surface area (Å²) < 4.78 is 70.0. The third kappa shape index (κ3) is 5.31. The number of aromatic amines is 1. The maximum Gasteiger partial charge on any atom is 0.417 e. The fourth-order valence-electron chi connectivity index (χ4n) is 3.85. The van der Waals surface area contributed by atoms with Gasteiger partial charge in [0.1, 0.15) is 16.4 Å². The molecule has 180 valence electrons. The van der Waals surface area contributed by atoms with E-state index < -0.39 is 27.7 Å². The maximum absolute atomic E-state index is 12.7. The predicted molar refractivity (Wildman–Crippen MR) is 112 cm³/mol. The number of pyridine rings is 1.